The van der Waals surface area contributed by atoms with Crippen LogP contribution < -0.4 is 0 Å². The predicted octanol–water partition coefficient (Wildman–Crippen LogP) is 3.38. The highest BCUT2D eigenvalue weighted by Crippen LogP contribution is 2.13. The van der Waals surface area contributed by atoms with Crippen molar-refractivity contribution in [1.82, 2.24) is 4.90 Å². The van der Waals surface area contributed by atoms with Gasteiger partial charge in [-0.05, 0) is 32.4 Å². The Bertz CT molecular complexity index is 395. The third-order valence-corrected chi connectivity index (χ3v) is 3.14. The van der Waals surface area contributed by atoms with Gasteiger partial charge in [-0.15, -0.1) is 0 Å². The SMILES string of the molecule is CCN(CCCBr)C(=O)c1cc(C)ccc1F. The second-order valence-electron chi connectivity index (χ2n) is 3.91. The minimum Gasteiger partial charge on any atom is -0.339 e. The van der Waals surface area contributed by atoms with E-state index in [4.69, 9.17) is 0 Å². The minimum absolute atomic E-state index is 0.168. The van der Waals surface area contributed by atoms with E-state index in [1.807, 2.05) is 13.8 Å². The van der Waals surface area contributed by atoms with Crippen molar-refractivity contribution in [3.63, 3.8) is 0 Å². The van der Waals surface area contributed by atoms with Crippen molar-refractivity contribution in [1.29, 1.82) is 0 Å². The molecule has 2 nitrogen and oxygen atoms in total. The second kappa shape index (κ2) is 6.74. The zero-order valence-corrected chi connectivity index (χ0v) is 11.8. The molecule has 0 atom stereocenters. The summed E-state index contributed by atoms with van der Waals surface area (Å²) < 4.78 is 13.6. The van der Waals surface area contributed by atoms with Gasteiger partial charge in [0.1, 0.15) is 5.82 Å². The quantitative estimate of drug-likeness (QED) is 0.764. The van der Waals surface area contributed by atoms with Crippen molar-refractivity contribution in [2.45, 2.75) is 20.3 Å². The van der Waals surface area contributed by atoms with E-state index in [1.54, 1.807) is 17.0 Å². The number of benzene rings is 1. The Labute approximate surface area is 110 Å². The maximum Gasteiger partial charge on any atom is 0.256 e. The van der Waals surface area contributed by atoms with Crippen LogP contribution >= 0.6 is 15.9 Å². The van der Waals surface area contributed by atoms with E-state index < -0.39 is 5.82 Å². The number of aryl methyl sites for hydroxylation is 1. The van der Waals surface area contributed by atoms with Crippen LogP contribution in [0.1, 0.15) is 29.3 Å². The summed E-state index contributed by atoms with van der Waals surface area (Å²) in [6, 6.07) is 4.62. The van der Waals surface area contributed by atoms with E-state index in [9.17, 15) is 9.18 Å². The Morgan fingerprint density at radius 2 is 2.18 bits per heavy atom. The standard InChI is InChI=1S/C13H17BrFNO/c1-3-16(8-4-7-14)13(17)11-9-10(2)5-6-12(11)15/h5-6,9H,3-4,7-8H2,1-2H3. The topological polar surface area (TPSA) is 20.3 Å². The first-order valence-corrected chi connectivity index (χ1v) is 6.83. The van der Waals surface area contributed by atoms with Crippen LogP contribution in [0.5, 0.6) is 0 Å². The van der Waals surface area contributed by atoms with Gasteiger partial charge in [0.05, 0.1) is 5.56 Å². The smallest absolute Gasteiger partial charge is 0.256 e. The first-order chi connectivity index (χ1) is 8.10. The Hall–Kier alpha value is -0.900. The Morgan fingerprint density at radius 3 is 2.76 bits per heavy atom. The number of hydrogen-bond acceptors (Lipinski definition) is 1. The fraction of sp³-hybridized carbons (Fsp3) is 0.462. The highest BCUT2D eigenvalue weighted by molar-refractivity contribution is 9.09. The molecule has 94 valence electrons. The van der Waals surface area contributed by atoms with E-state index in [0.29, 0.717) is 13.1 Å². The highest BCUT2D eigenvalue weighted by atomic mass is 79.9. The Morgan fingerprint density at radius 1 is 1.47 bits per heavy atom. The number of halogens is 2. The van der Waals surface area contributed by atoms with Gasteiger partial charge >= 0.3 is 0 Å². The van der Waals surface area contributed by atoms with Crippen LogP contribution in [0.3, 0.4) is 0 Å². The molecular weight excluding hydrogens is 285 g/mol. The maximum absolute atomic E-state index is 13.6. The molecule has 0 aliphatic heterocycles. The third kappa shape index (κ3) is 3.80. The zero-order chi connectivity index (χ0) is 12.8. The van der Waals surface area contributed by atoms with Crippen molar-refractivity contribution < 1.29 is 9.18 Å². The molecule has 0 radical (unpaired) electrons. The number of carbonyl (C=O) groups is 1. The number of hydrogen-bond donors (Lipinski definition) is 0. The Balaban J connectivity index is 2.89. The molecular formula is C13H17BrFNO. The maximum atomic E-state index is 13.6. The third-order valence-electron chi connectivity index (χ3n) is 2.58. The van der Waals surface area contributed by atoms with E-state index in [-0.39, 0.29) is 11.5 Å². The summed E-state index contributed by atoms with van der Waals surface area (Å²) in [5.74, 6) is -0.674. The van der Waals surface area contributed by atoms with Crippen LogP contribution in [0.2, 0.25) is 0 Å². The largest absolute Gasteiger partial charge is 0.339 e. The van der Waals surface area contributed by atoms with Crippen LogP contribution in [0.15, 0.2) is 18.2 Å². The molecule has 0 aliphatic carbocycles. The number of alkyl halides is 1. The van der Waals surface area contributed by atoms with Gasteiger partial charge in [0.15, 0.2) is 0 Å². The van der Waals surface area contributed by atoms with Gasteiger partial charge in [0, 0.05) is 18.4 Å². The molecule has 0 bridgehead atoms. The lowest BCUT2D eigenvalue weighted by Gasteiger charge is -2.20. The molecule has 0 N–H and O–H groups in total. The summed E-state index contributed by atoms with van der Waals surface area (Å²) in [6.07, 6.45) is 0.868. The summed E-state index contributed by atoms with van der Waals surface area (Å²) in [6.45, 7) is 5.00. The molecule has 0 unspecified atom stereocenters. The molecule has 0 saturated heterocycles. The Kier molecular flexibility index (Phi) is 5.62. The van der Waals surface area contributed by atoms with E-state index in [1.165, 1.54) is 6.07 Å². The lowest BCUT2D eigenvalue weighted by atomic mass is 10.1. The molecule has 1 aromatic carbocycles. The zero-order valence-electron chi connectivity index (χ0n) is 10.2. The molecule has 0 fully saturated rings. The predicted molar refractivity (Wildman–Crippen MR) is 71.1 cm³/mol. The molecule has 0 spiro atoms. The van der Waals surface area contributed by atoms with Gasteiger partial charge in [0.25, 0.3) is 5.91 Å². The summed E-state index contributed by atoms with van der Waals surface area (Å²) in [5.41, 5.74) is 1.06. The van der Waals surface area contributed by atoms with Gasteiger partial charge in [-0.2, -0.15) is 0 Å². The normalized spacial score (nSPS) is 10.4. The van der Waals surface area contributed by atoms with Gasteiger partial charge in [-0.25, -0.2) is 4.39 Å². The van der Waals surface area contributed by atoms with Crippen molar-refractivity contribution in [2.75, 3.05) is 18.4 Å². The van der Waals surface area contributed by atoms with Gasteiger partial charge in [0.2, 0.25) is 0 Å². The summed E-state index contributed by atoms with van der Waals surface area (Å²) in [7, 11) is 0. The van der Waals surface area contributed by atoms with Gasteiger partial charge in [-0.3, -0.25) is 4.79 Å². The average molecular weight is 302 g/mol. The lowest BCUT2D eigenvalue weighted by molar-refractivity contribution is 0.0760. The second-order valence-corrected chi connectivity index (χ2v) is 4.70. The number of amides is 1. The van der Waals surface area contributed by atoms with Crippen molar-refractivity contribution in [3.05, 3.63) is 35.1 Å². The molecule has 4 heteroatoms. The van der Waals surface area contributed by atoms with Crippen LogP contribution in [-0.4, -0.2) is 29.2 Å². The van der Waals surface area contributed by atoms with Crippen LogP contribution in [0, 0.1) is 12.7 Å². The fourth-order valence-electron chi connectivity index (χ4n) is 1.63. The monoisotopic (exact) mass is 301 g/mol. The molecule has 0 saturated carbocycles. The summed E-state index contributed by atoms with van der Waals surface area (Å²) >= 11 is 3.33. The average Bonchev–Trinajstić information content (AvgIpc) is 2.33. The highest BCUT2D eigenvalue weighted by Gasteiger charge is 2.17. The molecule has 1 amide bonds. The van der Waals surface area contributed by atoms with E-state index >= 15 is 0 Å². The number of rotatable bonds is 5. The summed E-state index contributed by atoms with van der Waals surface area (Å²) in [5, 5.41) is 0.840. The fourth-order valence-corrected chi connectivity index (χ4v) is 1.88. The molecule has 17 heavy (non-hydrogen) atoms. The molecule has 0 aliphatic rings. The van der Waals surface area contributed by atoms with E-state index in [2.05, 4.69) is 15.9 Å². The molecule has 1 aromatic rings. The number of carbonyl (C=O) groups excluding carboxylic acids is 1. The first kappa shape index (κ1) is 14.2. The van der Waals surface area contributed by atoms with Gasteiger partial charge in [-0.1, -0.05) is 27.6 Å². The minimum atomic E-state index is -0.446. The summed E-state index contributed by atoms with van der Waals surface area (Å²) in [4.78, 5) is 13.8. The lowest BCUT2D eigenvalue weighted by Crippen LogP contribution is -2.32. The van der Waals surface area contributed by atoms with Crippen LogP contribution in [0.25, 0.3) is 0 Å². The first-order valence-electron chi connectivity index (χ1n) is 5.71. The van der Waals surface area contributed by atoms with E-state index in [0.717, 1.165) is 17.3 Å². The van der Waals surface area contributed by atoms with Crippen molar-refractivity contribution in [3.8, 4) is 0 Å². The van der Waals surface area contributed by atoms with Crippen molar-refractivity contribution >= 4 is 21.8 Å². The van der Waals surface area contributed by atoms with Crippen LogP contribution in [0.4, 0.5) is 4.39 Å². The molecule has 0 aromatic heterocycles. The molecule has 1 rings (SSSR count). The number of nitrogens with zero attached hydrogens (tertiary/aromatic N) is 1. The van der Waals surface area contributed by atoms with Gasteiger partial charge < -0.3 is 4.90 Å². The van der Waals surface area contributed by atoms with Crippen molar-refractivity contribution in [2.24, 2.45) is 0 Å². The molecule has 0 heterocycles. The van der Waals surface area contributed by atoms with Crippen LogP contribution in [-0.2, 0) is 0 Å².